The van der Waals surface area contributed by atoms with Crippen LogP contribution in [0.15, 0.2) is 66.7 Å². The van der Waals surface area contributed by atoms with Crippen LogP contribution in [0.25, 0.3) is 27.5 Å². The molecule has 0 spiro atoms. The molecular weight excluding hydrogens is 411 g/mol. The van der Waals surface area contributed by atoms with E-state index in [1.807, 2.05) is 12.1 Å². The van der Waals surface area contributed by atoms with Crippen LogP contribution >= 0.6 is 0 Å². The molecule has 0 amide bonds. The third-order valence-electron chi connectivity index (χ3n) is 9.10. The van der Waals surface area contributed by atoms with Crippen LogP contribution in [0, 0.1) is 11.3 Å². The predicted molar refractivity (Wildman–Crippen MR) is 141 cm³/mol. The van der Waals surface area contributed by atoms with Gasteiger partial charge in [-0.3, -0.25) is 0 Å². The van der Waals surface area contributed by atoms with Gasteiger partial charge in [0.05, 0.1) is 17.1 Å². The van der Waals surface area contributed by atoms with E-state index in [0.29, 0.717) is 0 Å². The summed E-state index contributed by atoms with van der Waals surface area (Å²) in [5.41, 5.74) is 14.4. The van der Waals surface area contributed by atoms with Gasteiger partial charge in [-0.2, -0.15) is 5.26 Å². The van der Waals surface area contributed by atoms with Crippen LogP contribution in [0.2, 0.25) is 0 Å². The maximum absolute atomic E-state index is 10.00. The normalized spacial score (nSPS) is 17.2. The second kappa shape index (κ2) is 5.48. The SMILES string of the molecule is CC1(C)c2cccc3c2B2c4c1cccc4C(C)(C)c1ccc4c5c(C#N)cccc5n-3c4c12. The molecule has 0 saturated carbocycles. The van der Waals surface area contributed by atoms with Gasteiger partial charge < -0.3 is 4.57 Å². The number of hydrogen-bond acceptors (Lipinski definition) is 1. The standard InChI is InChI=1S/C31H23BN2/c1-30(2)19-9-6-10-20-26(19)32-27-21(30)11-7-13-24(27)34-23-12-5-8-17(16-33)25(23)18-14-15-22(31(20,3)4)28(32)29(18)34/h5-15H,1-4H3. The molecule has 5 aromatic rings. The molecule has 0 N–H and O–H groups in total. The smallest absolute Gasteiger partial charge is 0.248 e. The van der Waals surface area contributed by atoms with Crippen molar-refractivity contribution in [1.29, 1.82) is 5.26 Å². The molecule has 34 heavy (non-hydrogen) atoms. The van der Waals surface area contributed by atoms with Crippen LogP contribution in [-0.2, 0) is 10.8 Å². The third-order valence-corrected chi connectivity index (χ3v) is 9.10. The maximum atomic E-state index is 10.00. The zero-order valence-corrected chi connectivity index (χ0v) is 19.8. The quantitative estimate of drug-likeness (QED) is 0.317. The minimum atomic E-state index is -0.0927. The van der Waals surface area contributed by atoms with Crippen LogP contribution < -0.4 is 16.4 Å². The summed E-state index contributed by atoms with van der Waals surface area (Å²) >= 11 is 0. The molecule has 3 aliphatic rings. The number of fused-ring (bicyclic) bond motifs is 4. The molecule has 4 heterocycles. The van der Waals surface area contributed by atoms with Crippen LogP contribution in [-0.4, -0.2) is 11.3 Å². The number of rotatable bonds is 0. The van der Waals surface area contributed by atoms with Crippen LogP contribution in [0.3, 0.4) is 0 Å². The molecule has 0 atom stereocenters. The molecule has 0 unspecified atom stereocenters. The summed E-state index contributed by atoms with van der Waals surface area (Å²) in [5.74, 6) is 0. The molecule has 0 saturated heterocycles. The van der Waals surface area contributed by atoms with Crippen LogP contribution in [0.4, 0.5) is 0 Å². The van der Waals surface area contributed by atoms with Crippen molar-refractivity contribution in [2.24, 2.45) is 0 Å². The van der Waals surface area contributed by atoms with Crippen LogP contribution in [0.1, 0.15) is 55.5 Å². The van der Waals surface area contributed by atoms with Gasteiger partial charge in [-0.05, 0) is 51.4 Å². The first kappa shape index (κ1) is 18.6. The van der Waals surface area contributed by atoms with Crippen molar-refractivity contribution >= 4 is 44.9 Å². The average molecular weight is 434 g/mol. The van der Waals surface area contributed by atoms with Gasteiger partial charge >= 0.3 is 0 Å². The number of benzene rings is 4. The first-order valence-corrected chi connectivity index (χ1v) is 12.2. The van der Waals surface area contributed by atoms with Crippen molar-refractivity contribution in [1.82, 2.24) is 4.57 Å². The number of nitrogens with zero attached hydrogens (tertiary/aromatic N) is 2. The fraction of sp³-hybridized carbons (Fsp3) is 0.194. The van der Waals surface area contributed by atoms with Gasteiger partial charge in [-0.25, -0.2) is 0 Å². The number of aromatic nitrogens is 1. The van der Waals surface area contributed by atoms with Gasteiger partial charge in [0.2, 0.25) is 6.71 Å². The predicted octanol–water partition coefficient (Wildman–Crippen LogP) is 4.76. The molecule has 0 bridgehead atoms. The molecular formula is C31H23BN2. The van der Waals surface area contributed by atoms with Crippen molar-refractivity contribution in [2.75, 3.05) is 0 Å². The van der Waals surface area contributed by atoms with Crippen molar-refractivity contribution in [3.63, 3.8) is 0 Å². The first-order chi connectivity index (χ1) is 16.4. The second-order valence-corrected chi connectivity index (χ2v) is 11.3. The van der Waals surface area contributed by atoms with Crippen molar-refractivity contribution < 1.29 is 0 Å². The van der Waals surface area contributed by atoms with E-state index in [0.717, 1.165) is 16.5 Å². The summed E-state index contributed by atoms with van der Waals surface area (Å²) in [6, 6.07) is 27.1. The van der Waals surface area contributed by atoms with E-state index in [1.165, 1.54) is 55.2 Å². The van der Waals surface area contributed by atoms with Crippen LogP contribution in [0.5, 0.6) is 0 Å². The van der Waals surface area contributed by atoms with Gasteiger partial charge in [0.15, 0.2) is 0 Å². The topological polar surface area (TPSA) is 28.7 Å². The van der Waals surface area contributed by atoms with Crippen molar-refractivity contribution in [3.8, 4) is 11.8 Å². The highest BCUT2D eigenvalue weighted by atomic mass is 15.0. The molecule has 3 heteroatoms. The molecule has 2 nitrogen and oxygen atoms in total. The highest BCUT2D eigenvalue weighted by Gasteiger charge is 2.51. The largest absolute Gasteiger partial charge is 0.310 e. The van der Waals surface area contributed by atoms with E-state index in [2.05, 4.69) is 92.9 Å². The lowest BCUT2D eigenvalue weighted by Gasteiger charge is -2.48. The fourth-order valence-electron chi connectivity index (χ4n) is 7.65. The highest BCUT2D eigenvalue weighted by Crippen LogP contribution is 2.45. The van der Waals surface area contributed by atoms with Gasteiger partial charge in [0.25, 0.3) is 0 Å². The minimum Gasteiger partial charge on any atom is -0.310 e. The molecule has 1 aromatic heterocycles. The van der Waals surface area contributed by atoms with E-state index in [4.69, 9.17) is 0 Å². The summed E-state index contributed by atoms with van der Waals surface area (Å²) in [7, 11) is 0. The molecule has 3 aliphatic heterocycles. The Morgan fingerprint density at radius 1 is 0.706 bits per heavy atom. The van der Waals surface area contributed by atoms with Gasteiger partial charge in [0.1, 0.15) is 0 Å². The van der Waals surface area contributed by atoms with E-state index in [-0.39, 0.29) is 17.5 Å². The van der Waals surface area contributed by atoms with Gasteiger partial charge in [0, 0.05) is 32.8 Å². The fourth-order valence-corrected chi connectivity index (χ4v) is 7.65. The number of nitriles is 1. The van der Waals surface area contributed by atoms with Gasteiger partial charge in [-0.15, -0.1) is 0 Å². The lowest BCUT2D eigenvalue weighted by Crippen LogP contribution is -2.68. The monoisotopic (exact) mass is 434 g/mol. The van der Waals surface area contributed by atoms with E-state index in [9.17, 15) is 5.26 Å². The molecule has 0 radical (unpaired) electrons. The second-order valence-electron chi connectivity index (χ2n) is 11.3. The molecule has 160 valence electrons. The van der Waals surface area contributed by atoms with Crippen molar-refractivity contribution in [3.05, 3.63) is 94.5 Å². The number of hydrogen-bond donors (Lipinski definition) is 0. The Bertz CT molecular complexity index is 1810. The average Bonchev–Trinajstić information content (AvgIpc) is 3.18. The zero-order valence-electron chi connectivity index (χ0n) is 19.8. The molecule has 0 aliphatic carbocycles. The summed E-state index contributed by atoms with van der Waals surface area (Å²) in [6.45, 7) is 9.77. The van der Waals surface area contributed by atoms with E-state index in [1.54, 1.807) is 0 Å². The Kier molecular flexibility index (Phi) is 3.00. The van der Waals surface area contributed by atoms with Crippen molar-refractivity contribution in [2.45, 2.75) is 38.5 Å². The lowest BCUT2D eigenvalue weighted by molar-refractivity contribution is 0.621. The molecule has 0 fully saturated rings. The Morgan fingerprint density at radius 2 is 1.32 bits per heavy atom. The summed E-state index contributed by atoms with van der Waals surface area (Å²) in [5, 5.41) is 12.3. The minimum absolute atomic E-state index is 0.0764. The summed E-state index contributed by atoms with van der Waals surface area (Å²) in [6.07, 6.45) is 0. The zero-order chi connectivity index (χ0) is 23.1. The maximum Gasteiger partial charge on any atom is 0.248 e. The third kappa shape index (κ3) is 1.76. The first-order valence-electron chi connectivity index (χ1n) is 12.2. The Morgan fingerprint density at radius 3 is 2.03 bits per heavy atom. The van der Waals surface area contributed by atoms with E-state index >= 15 is 0 Å². The Balaban J connectivity index is 1.72. The highest BCUT2D eigenvalue weighted by molar-refractivity contribution is 7.00. The molecule has 4 aromatic carbocycles. The lowest BCUT2D eigenvalue weighted by atomic mass is 9.26. The van der Waals surface area contributed by atoms with E-state index < -0.39 is 0 Å². The summed E-state index contributed by atoms with van der Waals surface area (Å²) < 4.78 is 2.46. The molecule has 8 rings (SSSR count). The Hall–Kier alpha value is -3.77. The van der Waals surface area contributed by atoms with Gasteiger partial charge in [-0.1, -0.05) is 81.7 Å². The summed E-state index contributed by atoms with van der Waals surface area (Å²) in [4.78, 5) is 0. The Labute approximate surface area is 199 Å².